The van der Waals surface area contributed by atoms with Gasteiger partial charge in [0.2, 0.25) is 0 Å². The fraction of sp³-hybridized carbons (Fsp3) is 0. The lowest BCUT2D eigenvalue weighted by molar-refractivity contribution is 0.477. The van der Waals surface area contributed by atoms with Gasteiger partial charge in [-0.05, 0) is 52.9 Å². The van der Waals surface area contributed by atoms with Crippen molar-refractivity contribution in [3.8, 4) is 28.3 Å². The van der Waals surface area contributed by atoms with E-state index in [2.05, 4.69) is 111 Å². The minimum atomic E-state index is -0.0222. The summed E-state index contributed by atoms with van der Waals surface area (Å²) in [6.07, 6.45) is 4.38. The molecule has 184 valence electrons. The Morgan fingerprint density at radius 2 is 1.50 bits per heavy atom. The van der Waals surface area contributed by atoms with Gasteiger partial charge in [0.15, 0.2) is 16.9 Å². The third-order valence-electron chi connectivity index (χ3n) is 9.11. The van der Waals surface area contributed by atoms with E-state index in [4.69, 9.17) is 9.15 Å². The van der Waals surface area contributed by atoms with Gasteiger partial charge < -0.3 is 13.6 Å². The maximum atomic E-state index is 6.87. The molecule has 0 bridgehead atoms. The van der Waals surface area contributed by atoms with E-state index in [0.717, 1.165) is 44.7 Å². The van der Waals surface area contributed by atoms with Crippen LogP contribution < -0.4 is 15.7 Å². The zero-order valence-corrected chi connectivity index (χ0v) is 21.1. The monoisotopic (exact) mass is 511 g/mol. The summed E-state index contributed by atoms with van der Waals surface area (Å²) >= 11 is 0. The van der Waals surface area contributed by atoms with Crippen molar-refractivity contribution in [2.45, 2.75) is 0 Å². The lowest BCUT2D eigenvalue weighted by Gasteiger charge is -2.34. The second kappa shape index (κ2) is 6.44. The Morgan fingerprint density at radius 3 is 2.48 bits per heavy atom. The Labute approximate surface area is 227 Å². The largest absolute Gasteiger partial charge is 0.454 e. The first-order chi connectivity index (χ1) is 19.8. The van der Waals surface area contributed by atoms with Gasteiger partial charge in [0.05, 0.1) is 5.52 Å². The third-order valence-corrected chi connectivity index (χ3v) is 9.11. The number of para-hydroxylation sites is 4. The first-order valence-corrected chi connectivity index (χ1v) is 13.6. The molecule has 0 spiro atoms. The van der Waals surface area contributed by atoms with Gasteiger partial charge in [-0.2, -0.15) is 0 Å². The van der Waals surface area contributed by atoms with E-state index in [9.17, 15) is 0 Å². The number of hydrogen-bond donors (Lipinski definition) is 0. The molecule has 2 aromatic heterocycles. The van der Waals surface area contributed by atoms with Crippen LogP contribution in [0.3, 0.4) is 0 Å². The first-order valence-electron chi connectivity index (χ1n) is 13.6. The number of nitrogens with zero attached hydrogens (tertiary/aromatic N) is 3. The molecule has 4 aliphatic heterocycles. The van der Waals surface area contributed by atoms with Crippen molar-refractivity contribution in [1.82, 2.24) is 13.7 Å². The van der Waals surface area contributed by atoms with Gasteiger partial charge in [-0.25, -0.2) is 4.68 Å². The molecule has 0 saturated heterocycles. The molecule has 0 saturated carbocycles. The number of ether oxygens (including phenoxy) is 1. The zero-order valence-electron chi connectivity index (χ0n) is 21.1. The highest BCUT2D eigenvalue weighted by Crippen LogP contribution is 2.45. The topological polar surface area (TPSA) is 36.6 Å². The summed E-state index contributed by atoms with van der Waals surface area (Å²) in [7, 11) is 0. The summed E-state index contributed by atoms with van der Waals surface area (Å²) in [4.78, 5) is 0. The molecule has 11 rings (SSSR count). The average Bonchev–Trinajstić information content (AvgIpc) is 3.63. The van der Waals surface area contributed by atoms with E-state index >= 15 is 0 Å². The smallest absolute Gasteiger partial charge is 0.336 e. The maximum Gasteiger partial charge on any atom is 0.336 e. The SMILES string of the molecule is c1cc2c3c(c1)-c1cccc4ccn(c14)B3c1cc3c4c(oc5ccccc5n-4n4ccc5cccc3c54)c1O2. The molecule has 0 radical (unpaired) electrons. The standard InChI is InChI=1S/C34H18BN3O2/c1-2-12-27-26(11-1)38-32-24(23-10-4-7-20-15-17-37(38)31(20)23)18-25-33(34(32)39-27)40-28-13-5-8-21-22-9-3-6-19-14-16-36(30(19)22)35(25)29(21)28/h1-18H. The first kappa shape index (κ1) is 19.7. The Morgan fingerprint density at radius 1 is 0.675 bits per heavy atom. The molecule has 7 aromatic rings. The van der Waals surface area contributed by atoms with Gasteiger partial charge >= 0.3 is 6.85 Å². The van der Waals surface area contributed by atoms with E-state index in [1.165, 1.54) is 43.8 Å². The minimum Gasteiger partial charge on any atom is -0.454 e. The molecule has 4 aliphatic rings. The van der Waals surface area contributed by atoms with Crippen molar-refractivity contribution >= 4 is 67.0 Å². The summed E-state index contributed by atoms with van der Waals surface area (Å²) < 4.78 is 20.6. The van der Waals surface area contributed by atoms with E-state index in [1.807, 2.05) is 12.1 Å². The third kappa shape index (κ3) is 2.07. The molecule has 0 fully saturated rings. The highest BCUT2D eigenvalue weighted by atomic mass is 16.5. The molecule has 6 heteroatoms. The summed E-state index contributed by atoms with van der Waals surface area (Å²) in [5.41, 5.74) is 10.9. The Hall–Kier alpha value is -5.36. The van der Waals surface area contributed by atoms with Gasteiger partial charge in [-0.3, -0.25) is 4.52 Å². The Balaban J connectivity index is 1.40. The van der Waals surface area contributed by atoms with Gasteiger partial charge in [0.25, 0.3) is 0 Å². The number of aromatic nitrogens is 3. The summed E-state index contributed by atoms with van der Waals surface area (Å²) in [5, 5.41) is 4.83. The minimum absolute atomic E-state index is 0.0222. The predicted molar refractivity (Wildman–Crippen MR) is 161 cm³/mol. The Bertz CT molecular complexity index is 2540. The quantitative estimate of drug-likeness (QED) is 0.126. The molecular formula is C34H18BN3O2. The molecule has 0 atom stereocenters. The number of fused-ring (bicyclic) bond motifs is 9. The van der Waals surface area contributed by atoms with Crippen molar-refractivity contribution in [2.24, 2.45) is 0 Å². The second-order valence-corrected chi connectivity index (χ2v) is 11.0. The van der Waals surface area contributed by atoms with Crippen molar-refractivity contribution in [1.29, 1.82) is 0 Å². The van der Waals surface area contributed by atoms with E-state index in [0.29, 0.717) is 0 Å². The van der Waals surface area contributed by atoms with Gasteiger partial charge in [-0.1, -0.05) is 66.7 Å². The van der Waals surface area contributed by atoms with Crippen LogP contribution in [-0.4, -0.2) is 20.5 Å². The number of hydrogen-bond acceptors (Lipinski definition) is 2. The molecule has 5 nitrogen and oxygen atoms in total. The van der Waals surface area contributed by atoms with Crippen molar-refractivity contribution in [3.05, 3.63) is 109 Å². The van der Waals surface area contributed by atoms with Crippen LogP contribution in [0.4, 0.5) is 0 Å². The van der Waals surface area contributed by atoms with Crippen molar-refractivity contribution in [2.75, 3.05) is 0 Å². The normalized spacial score (nSPS) is 13.7. The molecule has 0 N–H and O–H groups in total. The highest BCUT2D eigenvalue weighted by Gasteiger charge is 2.42. The van der Waals surface area contributed by atoms with Crippen LogP contribution in [0, 0.1) is 0 Å². The number of rotatable bonds is 0. The summed E-state index contributed by atoms with van der Waals surface area (Å²) in [6, 6.07) is 34.6. The van der Waals surface area contributed by atoms with Gasteiger partial charge in [0, 0.05) is 38.9 Å². The lowest BCUT2D eigenvalue weighted by atomic mass is 9.46. The fourth-order valence-electron chi connectivity index (χ4n) is 7.56. The second-order valence-electron chi connectivity index (χ2n) is 11.0. The van der Waals surface area contributed by atoms with E-state index < -0.39 is 0 Å². The van der Waals surface area contributed by atoms with Crippen LogP contribution in [0.1, 0.15) is 0 Å². The molecule has 6 heterocycles. The molecule has 0 aliphatic carbocycles. The molecule has 0 amide bonds. The van der Waals surface area contributed by atoms with Crippen LogP contribution >= 0.6 is 0 Å². The predicted octanol–water partition coefficient (Wildman–Crippen LogP) is 6.92. The van der Waals surface area contributed by atoms with Crippen LogP contribution in [0.25, 0.3) is 66.1 Å². The molecule has 0 unspecified atom stereocenters. The van der Waals surface area contributed by atoms with E-state index in [-0.39, 0.29) is 6.85 Å². The summed E-state index contributed by atoms with van der Waals surface area (Å²) in [5.74, 6) is 1.67. The van der Waals surface area contributed by atoms with Gasteiger partial charge in [-0.15, -0.1) is 0 Å². The van der Waals surface area contributed by atoms with Gasteiger partial charge in [0.1, 0.15) is 17.0 Å². The molecular weight excluding hydrogens is 493 g/mol. The van der Waals surface area contributed by atoms with Crippen LogP contribution in [-0.2, 0) is 0 Å². The van der Waals surface area contributed by atoms with Crippen molar-refractivity contribution in [3.63, 3.8) is 0 Å². The maximum absolute atomic E-state index is 6.87. The fourth-order valence-corrected chi connectivity index (χ4v) is 7.56. The molecule has 5 aromatic carbocycles. The average molecular weight is 511 g/mol. The van der Waals surface area contributed by atoms with E-state index in [1.54, 1.807) is 0 Å². The van der Waals surface area contributed by atoms with Crippen LogP contribution in [0.2, 0.25) is 0 Å². The molecule has 40 heavy (non-hydrogen) atoms. The zero-order chi connectivity index (χ0) is 25.7. The Kier molecular flexibility index (Phi) is 3.17. The highest BCUT2D eigenvalue weighted by molar-refractivity contribution is 6.88. The number of benzene rings is 5. The van der Waals surface area contributed by atoms with Crippen molar-refractivity contribution < 1.29 is 9.15 Å². The lowest BCUT2D eigenvalue weighted by Crippen LogP contribution is -2.54. The van der Waals surface area contributed by atoms with Crippen LogP contribution in [0.15, 0.2) is 114 Å². The van der Waals surface area contributed by atoms with Crippen LogP contribution in [0.5, 0.6) is 11.5 Å². The summed E-state index contributed by atoms with van der Waals surface area (Å²) in [6.45, 7) is -0.0222.